The Morgan fingerprint density at radius 1 is 1.09 bits per heavy atom. The van der Waals surface area contributed by atoms with Crippen LogP contribution >= 0.6 is 47.2 Å². The van der Waals surface area contributed by atoms with E-state index in [2.05, 4.69) is 0 Å². The molecule has 7 heteroatoms. The molecule has 0 N–H and O–H groups in total. The van der Waals surface area contributed by atoms with E-state index in [0.717, 1.165) is 11.4 Å². The third-order valence-corrected chi connectivity index (χ3v) is 5.42. The molecule has 0 bridgehead atoms. The molecule has 1 aliphatic heterocycles. The van der Waals surface area contributed by atoms with Gasteiger partial charge in [0.25, 0.3) is 5.91 Å². The molecule has 0 unspecified atom stereocenters. The molecule has 0 radical (unpaired) electrons. The standard InChI is InChI=1S/C16H12Cl2N2OS2/c1-9-6-7-10(2)19(9)20-15(21)14(23-16(20)22)8-11-12(17)4-3-5-13(11)18/h3-8H,1-2H3/b14-8+. The lowest BCUT2D eigenvalue weighted by molar-refractivity contribution is -0.114. The average molecular weight is 383 g/mol. The highest BCUT2D eigenvalue weighted by Gasteiger charge is 2.35. The van der Waals surface area contributed by atoms with Crippen molar-refractivity contribution in [3.63, 3.8) is 0 Å². The van der Waals surface area contributed by atoms with Crippen LogP contribution in [0.4, 0.5) is 0 Å². The number of halogens is 2. The number of aromatic nitrogens is 1. The minimum absolute atomic E-state index is 0.182. The molecule has 1 saturated heterocycles. The summed E-state index contributed by atoms with van der Waals surface area (Å²) in [7, 11) is 0. The first-order valence-corrected chi connectivity index (χ1v) is 8.75. The molecule has 0 spiro atoms. The van der Waals surface area contributed by atoms with E-state index < -0.39 is 0 Å². The van der Waals surface area contributed by atoms with Gasteiger partial charge in [0.05, 0.1) is 4.91 Å². The van der Waals surface area contributed by atoms with Crippen molar-refractivity contribution in [2.75, 3.05) is 5.01 Å². The largest absolute Gasteiger partial charge is 0.285 e. The summed E-state index contributed by atoms with van der Waals surface area (Å²) in [6.45, 7) is 3.86. The minimum Gasteiger partial charge on any atom is -0.266 e. The van der Waals surface area contributed by atoms with E-state index in [1.807, 2.05) is 30.7 Å². The Morgan fingerprint density at radius 2 is 1.65 bits per heavy atom. The second kappa shape index (κ2) is 6.32. The maximum atomic E-state index is 12.8. The summed E-state index contributed by atoms with van der Waals surface area (Å²) in [5.41, 5.74) is 2.50. The molecule has 2 aromatic rings. The Hall–Kier alpha value is -1.27. The first kappa shape index (κ1) is 16.6. The fraction of sp³-hybridized carbons (Fsp3) is 0.125. The zero-order valence-corrected chi connectivity index (χ0v) is 15.5. The third kappa shape index (κ3) is 2.94. The van der Waals surface area contributed by atoms with E-state index >= 15 is 0 Å². The van der Waals surface area contributed by atoms with Gasteiger partial charge in [0.1, 0.15) is 0 Å². The van der Waals surface area contributed by atoms with E-state index in [4.69, 9.17) is 35.4 Å². The van der Waals surface area contributed by atoms with Crippen LogP contribution in [0, 0.1) is 13.8 Å². The van der Waals surface area contributed by atoms with Crippen molar-refractivity contribution in [2.24, 2.45) is 0 Å². The number of carbonyl (C=O) groups excluding carboxylic acids is 1. The highest BCUT2D eigenvalue weighted by molar-refractivity contribution is 8.27. The van der Waals surface area contributed by atoms with Crippen LogP contribution in [0.5, 0.6) is 0 Å². The predicted molar refractivity (Wildman–Crippen MR) is 102 cm³/mol. The number of amides is 1. The van der Waals surface area contributed by atoms with Gasteiger partial charge in [0.15, 0.2) is 4.32 Å². The number of thiocarbonyl (C=S) groups is 1. The second-order valence-corrected chi connectivity index (χ2v) is 7.55. The summed E-state index contributed by atoms with van der Waals surface area (Å²) in [6, 6.07) is 9.13. The Morgan fingerprint density at radius 3 is 2.22 bits per heavy atom. The van der Waals surface area contributed by atoms with Crippen molar-refractivity contribution < 1.29 is 4.79 Å². The van der Waals surface area contributed by atoms with Gasteiger partial charge in [-0.15, -0.1) is 0 Å². The van der Waals surface area contributed by atoms with Crippen LogP contribution in [0.15, 0.2) is 35.2 Å². The van der Waals surface area contributed by atoms with Crippen LogP contribution in [0.3, 0.4) is 0 Å². The highest BCUT2D eigenvalue weighted by Crippen LogP contribution is 2.35. The van der Waals surface area contributed by atoms with E-state index in [1.54, 1.807) is 24.3 Å². The van der Waals surface area contributed by atoms with E-state index in [-0.39, 0.29) is 5.91 Å². The van der Waals surface area contributed by atoms with E-state index in [9.17, 15) is 4.79 Å². The Balaban J connectivity index is 2.04. The van der Waals surface area contributed by atoms with E-state index in [1.165, 1.54) is 16.8 Å². The molecule has 2 heterocycles. The van der Waals surface area contributed by atoms with Crippen LogP contribution in [-0.2, 0) is 4.79 Å². The van der Waals surface area contributed by atoms with Gasteiger partial charge in [-0.05, 0) is 56.4 Å². The molecule has 3 nitrogen and oxygen atoms in total. The lowest BCUT2D eigenvalue weighted by Gasteiger charge is -2.20. The Kier molecular flexibility index (Phi) is 4.56. The van der Waals surface area contributed by atoms with Crippen molar-refractivity contribution in [2.45, 2.75) is 13.8 Å². The topological polar surface area (TPSA) is 25.2 Å². The molecule has 118 valence electrons. The Bertz CT molecular complexity index is 818. The van der Waals surface area contributed by atoms with Crippen molar-refractivity contribution in [3.05, 3.63) is 62.2 Å². The monoisotopic (exact) mass is 382 g/mol. The lowest BCUT2D eigenvalue weighted by Crippen LogP contribution is -2.39. The molecule has 3 rings (SSSR count). The zero-order valence-electron chi connectivity index (χ0n) is 12.3. The number of benzene rings is 1. The van der Waals surface area contributed by atoms with Crippen molar-refractivity contribution >= 4 is 63.5 Å². The molecule has 23 heavy (non-hydrogen) atoms. The van der Waals surface area contributed by atoms with Crippen LogP contribution in [0.25, 0.3) is 6.08 Å². The number of aryl methyl sites for hydroxylation is 2. The minimum atomic E-state index is -0.182. The molecule has 1 fully saturated rings. The van der Waals surface area contributed by atoms with Gasteiger partial charge in [-0.1, -0.05) is 41.0 Å². The van der Waals surface area contributed by atoms with Gasteiger partial charge in [0, 0.05) is 27.0 Å². The first-order chi connectivity index (χ1) is 10.9. The van der Waals surface area contributed by atoms with Gasteiger partial charge >= 0.3 is 0 Å². The lowest BCUT2D eigenvalue weighted by atomic mass is 10.2. The predicted octanol–water partition coefficient (Wildman–Crippen LogP) is 4.95. The number of hydrogen-bond donors (Lipinski definition) is 0. The molecular formula is C16H12Cl2N2OS2. The number of thioether (sulfide) groups is 1. The number of hydrogen-bond acceptors (Lipinski definition) is 3. The fourth-order valence-electron chi connectivity index (χ4n) is 2.39. The maximum absolute atomic E-state index is 12.8. The SMILES string of the molecule is Cc1ccc(C)n1N1C(=O)/C(=C\c2c(Cl)cccc2Cl)SC1=S. The average Bonchev–Trinajstić information content (AvgIpc) is 2.95. The fourth-order valence-corrected chi connectivity index (χ4v) is 4.12. The van der Waals surface area contributed by atoms with Gasteiger partial charge in [-0.3, -0.25) is 9.47 Å². The number of carbonyl (C=O) groups is 1. The smallest absolute Gasteiger partial charge is 0.266 e. The summed E-state index contributed by atoms with van der Waals surface area (Å²) in [6.07, 6.45) is 1.69. The second-order valence-electron chi connectivity index (χ2n) is 5.06. The summed E-state index contributed by atoms with van der Waals surface area (Å²) < 4.78 is 2.29. The van der Waals surface area contributed by atoms with Crippen molar-refractivity contribution in [1.29, 1.82) is 0 Å². The van der Waals surface area contributed by atoms with Gasteiger partial charge in [-0.25, -0.2) is 0 Å². The van der Waals surface area contributed by atoms with Crippen LogP contribution in [0.2, 0.25) is 10.0 Å². The van der Waals surface area contributed by atoms with Crippen LogP contribution in [0.1, 0.15) is 17.0 Å². The quantitative estimate of drug-likeness (QED) is 0.542. The third-order valence-electron chi connectivity index (χ3n) is 3.48. The molecule has 0 atom stereocenters. The zero-order chi connectivity index (χ0) is 16.7. The highest BCUT2D eigenvalue weighted by atomic mass is 35.5. The maximum Gasteiger partial charge on any atom is 0.285 e. The van der Waals surface area contributed by atoms with E-state index in [0.29, 0.717) is 24.8 Å². The molecular weight excluding hydrogens is 371 g/mol. The molecule has 1 aromatic heterocycles. The summed E-state index contributed by atoms with van der Waals surface area (Å²) in [5.74, 6) is -0.182. The Labute approximate surface area is 153 Å². The van der Waals surface area contributed by atoms with Gasteiger partial charge < -0.3 is 0 Å². The number of rotatable bonds is 2. The van der Waals surface area contributed by atoms with Crippen LogP contribution in [-0.4, -0.2) is 14.9 Å². The first-order valence-electron chi connectivity index (χ1n) is 6.77. The van der Waals surface area contributed by atoms with Crippen molar-refractivity contribution in [3.8, 4) is 0 Å². The summed E-state index contributed by atoms with van der Waals surface area (Å²) in [4.78, 5) is 13.3. The molecule has 0 saturated carbocycles. The summed E-state index contributed by atoms with van der Waals surface area (Å²) in [5, 5.41) is 2.49. The summed E-state index contributed by atoms with van der Waals surface area (Å²) >= 11 is 19.0. The van der Waals surface area contributed by atoms with Gasteiger partial charge in [0.2, 0.25) is 0 Å². The van der Waals surface area contributed by atoms with Crippen molar-refractivity contribution in [1.82, 2.24) is 4.68 Å². The molecule has 1 aliphatic rings. The van der Waals surface area contributed by atoms with Crippen LogP contribution < -0.4 is 5.01 Å². The number of nitrogens with zero attached hydrogens (tertiary/aromatic N) is 2. The molecule has 1 aromatic carbocycles. The molecule has 1 amide bonds. The molecule has 0 aliphatic carbocycles. The van der Waals surface area contributed by atoms with Gasteiger partial charge in [-0.2, -0.15) is 5.01 Å². The normalized spacial score (nSPS) is 16.7.